The molecule has 106 valence electrons. The Morgan fingerprint density at radius 3 is 2.81 bits per heavy atom. The van der Waals surface area contributed by atoms with Crippen molar-refractivity contribution < 1.29 is 0 Å². The third kappa shape index (κ3) is 2.55. The topological polar surface area (TPSA) is 81.1 Å². The van der Waals surface area contributed by atoms with Crippen molar-refractivity contribution in [2.24, 2.45) is 5.10 Å². The zero-order valence-corrected chi connectivity index (χ0v) is 11.7. The summed E-state index contributed by atoms with van der Waals surface area (Å²) in [6, 6.07) is 14.3. The molecule has 0 fully saturated rings. The second-order valence-corrected chi connectivity index (χ2v) is 4.60. The average Bonchev–Trinajstić information content (AvgIpc) is 2.88. The minimum absolute atomic E-state index is 0.420. The van der Waals surface area contributed by atoms with Gasteiger partial charge in [0.25, 0.3) is 5.95 Å². The molecule has 0 aliphatic carbocycles. The zero-order chi connectivity index (χ0) is 14.7. The standard InChI is InChI=1S/C15H16N6/c1-2-14-18-20-15(21(14)16)19-17-10-12-8-5-7-11-6-3-4-9-13(11)12/h3-10H,2,16H2,1H3,(H,19,20). The van der Waals surface area contributed by atoms with Gasteiger partial charge in [-0.25, -0.2) is 10.1 Å². The summed E-state index contributed by atoms with van der Waals surface area (Å²) in [4.78, 5) is 0. The van der Waals surface area contributed by atoms with Gasteiger partial charge in [0.05, 0.1) is 6.21 Å². The molecule has 0 spiro atoms. The maximum absolute atomic E-state index is 5.84. The van der Waals surface area contributed by atoms with Crippen molar-refractivity contribution in [2.75, 3.05) is 11.3 Å². The third-order valence-corrected chi connectivity index (χ3v) is 3.27. The molecule has 0 aliphatic heterocycles. The molecule has 0 bridgehead atoms. The molecule has 2 aromatic carbocycles. The minimum atomic E-state index is 0.420. The van der Waals surface area contributed by atoms with E-state index in [1.807, 2.05) is 31.2 Å². The number of hydrogen-bond donors (Lipinski definition) is 2. The van der Waals surface area contributed by atoms with Gasteiger partial charge in [0.15, 0.2) is 5.82 Å². The maximum Gasteiger partial charge on any atom is 0.263 e. The molecule has 6 nitrogen and oxygen atoms in total. The Morgan fingerprint density at radius 2 is 2.00 bits per heavy atom. The van der Waals surface area contributed by atoms with Gasteiger partial charge >= 0.3 is 0 Å². The summed E-state index contributed by atoms with van der Waals surface area (Å²) in [5.74, 6) is 6.97. The Balaban J connectivity index is 1.83. The lowest BCUT2D eigenvalue weighted by atomic mass is 10.1. The van der Waals surface area contributed by atoms with Gasteiger partial charge in [0.2, 0.25) is 0 Å². The van der Waals surface area contributed by atoms with Crippen LogP contribution in [0.25, 0.3) is 10.8 Å². The van der Waals surface area contributed by atoms with Crippen LogP contribution in [0.5, 0.6) is 0 Å². The molecule has 3 aromatic rings. The predicted octanol–water partition coefficient (Wildman–Crippen LogP) is 2.15. The van der Waals surface area contributed by atoms with Crippen LogP contribution in [-0.4, -0.2) is 21.1 Å². The zero-order valence-electron chi connectivity index (χ0n) is 11.7. The van der Waals surface area contributed by atoms with Crippen molar-refractivity contribution >= 4 is 22.9 Å². The van der Waals surface area contributed by atoms with Gasteiger partial charge < -0.3 is 5.84 Å². The van der Waals surface area contributed by atoms with Crippen LogP contribution in [0.1, 0.15) is 18.3 Å². The molecule has 3 N–H and O–H groups in total. The number of fused-ring (bicyclic) bond motifs is 1. The van der Waals surface area contributed by atoms with E-state index in [0.29, 0.717) is 11.8 Å². The van der Waals surface area contributed by atoms with Gasteiger partial charge in [-0.15, -0.1) is 10.2 Å². The van der Waals surface area contributed by atoms with Crippen LogP contribution in [0, 0.1) is 0 Å². The molecule has 0 aliphatic rings. The largest absolute Gasteiger partial charge is 0.335 e. The van der Waals surface area contributed by atoms with E-state index < -0.39 is 0 Å². The Bertz CT molecular complexity index is 784. The summed E-state index contributed by atoms with van der Waals surface area (Å²) in [6.07, 6.45) is 2.47. The summed E-state index contributed by atoms with van der Waals surface area (Å²) < 4.78 is 1.40. The number of nitrogens with two attached hydrogens (primary N) is 1. The molecular formula is C15H16N6. The summed E-state index contributed by atoms with van der Waals surface area (Å²) in [5.41, 5.74) is 3.84. The van der Waals surface area contributed by atoms with Crippen molar-refractivity contribution in [3.05, 3.63) is 53.9 Å². The van der Waals surface area contributed by atoms with Crippen molar-refractivity contribution in [1.29, 1.82) is 0 Å². The van der Waals surface area contributed by atoms with Gasteiger partial charge in [-0.05, 0) is 10.8 Å². The van der Waals surface area contributed by atoms with Crippen molar-refractivity contribution in [3.8, 4) is 0 Å². The number of aryl methyl sites for hydroxylation is 1. The minimum Gasteiger partial charge on any atom is -0.335 e. The summed E-state index contributed by atoms with van der Waals surface area (Å²) in [5, 5.41) is 14.4. The van der Waals surface area contributed by atoms with E-state index in [4.69, 9.17) is 5.84 Å². The number of anilines is 1. The summed E-state index contributed by atoms with van der Waals surface area (Å²) in [7, 11) is 0. The highest BCUT2D eigenvalue weighted by Crippen LogP contribution is 2.16. The molecule has 0 atom stereocenters. The van der Waals surface area contributed by atoms with Crippen LogP contribution < -0.4 is 11.3 Å². The quantitative estimate of drug-likeness (QED) is 0.436. The smallest absolute Gasteiger partial charge is 0.263 e. The Hall–Kier alpha value is -2.89. The number of hydrogen-bond acceptors (Lipinski definition) is 5. The molecule has 0 radical (unpaired) electrons. The number of nitrogen functional groups attached to an aromatic ring is 1. The number of hydrazone groups is 1. The van der Waals surface area contributed by atoms with Gasteiger partial charge in [-0.3, -0.25) is 0 Å². The molecule has 21 heavy (non-hydrogen) atoms. The van der Waals surface area contributed by atoms with Crippen LogP contribution in [0.2, 0.25) is 0 Å². The number of nitrogens with one attached hydrogen (secondary N) is 1. The molecule has 3 rings (SSSR count). The Labute approximate surface area is 122 Å². The highest BCUT2D eigenvalue weighted by atomic mass is 15.5. The second kappa shape index (κ2) is 5.62. The maximum atomic E-state index is 5.84. The number of rotatable bonds is 4. The molecular weight excluding hydrogens is 264 g/mol. The first kappa shape index (κ1) is 13.1. The van der Waals surface area contributed by atoms with E-state index in [1.165, 1.54) is 10.1 Å². The van der Waals surface area contributed by atoms with Crippen LogP contribution in [0.3, 0.4) is 0 Å². The Morgan fingerprint density at radius 1 is 1.19 bits per heavy atom. The first-order valence-electron chi connectivity index (χ1n) is 6.76. The molecule has 1 aromatic heterocycles. The van der Waals surface area contributed by atoms with Crippen LogP contribution >= 0.6 is 0 Å². The summed E-state index contributed by atoms with van der Waals surface area (Å²) >= 11 is 0. The molecule has 0 saturated heterocycles. The molecule has 1 heterocycles. The van der Waals surface area contributed by atoms with Gasteiger partial charge in [0.1, 0.15) is 0 Å². The first-order valence-corrected chi connectivity index (χ1v) is 6.76. The van der Waals surface area contributed by atoms with E-state index >= 15 is 0 Å². The molecule has 0 unspecified atom stereocenters. The van der Waals surface area contributed by atoms with E-state index in [1.54, 1.807) is 6.21 Å². The van der Waals surface area contributed by atoms with Crippen molar-refractivity contribution in [1.82, 2.24) is 14.9 Å². The van der Waals surface area contributed by atoms with Crippen molar-refractivity contribution in [3.63, 3.8) is 0 Å². The lowest BCUT2D eigenvalue weighted by Crippen LogP contribution is -2.14. The number of aromatic nitrogens is 3. The Kier molecular flexibility index (Phi) is 3.51. The SMILES string of the molecule is CCc1nnc(NN=Cc2cccc3ccccc23)n1N. The predicted molar refractivity (Wildman–Crippen MR) is 84.7 cm³/mol. The number of benzene rings is 2. The second-order valence-electron chi connectivity index (χ2n) is 4.60. The van der Waals surface area contributed by atoms with Crippen LogP contribution in [0.4, 0.5) is 5.95 Å². The monoisotopic (exact) mass is 280 g/mol. The molecule has 6 heteroatoms. The molecule has 0 saturated carbocycles. The van der Waals surface area contributed by atoms with Crippen molar-refractivity contribution in [2.45, 2.75) is 13.3 Å². The fraction of sp³-hybridized carbons (Fsp3) is 0.133. The van der Waals surface area contributed by atoms with E-state index in [0.717, 1.165) is 17.4 Å². The lowest BCUT2D eigenvalue weighted by molar-refractivity contribution is 0.855. The van der Waals surface area contributed by atoms with E-state index in [2.05, 4.69) is 38.9 Å². The highest BCUT2D eigenvalue weighted by Gasteiger charge is 2.05. The first-order chi connectivity index (χ1) is 10.3. The normalized spacial score (nSPS) is 11.3. The number of nitrogens with zero attached hydrogens (tertiary/aromatic N) is 4. The van der Waals surface area contributed by atoms with Gasteiger partial charge in [-0.1, -0.05) is 49.4 Å². The fourth-order valence-corrected chi connectivity index (χ4v) is 2.16. The lowest BCUT2D eigenvalue weighted by Gasteiger charge is -2.02. The van der Waals surface area contributed by atoms with Crippen LogP contribution in [0.15, 0.2) is 47.6 Å². The van der Waals surface area contributed by atoms with E-state index in [9.17, 15) is 0 Å². The van der Waals surface area contributed by atoms with Gasteiger partial charge in [-0.2, -0.15) is 5.10 Å². The van der Waals surface area contributed by atoms with E-state index in [-0.39, 0.29) is 0 Å². The summed E-state index contributed by atoms with van der Waals surface area (Å²) in [6.45, 7) is 1.97. The highest BCUT2D eigenvalue weighted by molar-refractivity contribution is 5.99. The molecule has 0 amide bonds. The van der Waals surface area contributed by atoms with Gasteiger partial charge in [0, 0.05) is 12.0 Å². The fourth-order valence-electron chi connectivity index (χ4n) is 2.16. The van der Waals surface area contributed by atoms with Crippen LogP contribution in [-0.2, 0) is 6.42 Å². The third-order valence-electron chi connectivity index (χ3n) is 3.27. The average molecular weight is 280 g/mol.